The van der Waals surface area contributed by atoms with Crippen LogP contribution in [0.2, 0.25) is 0 Å². The fourth-order valence-electron chi connectivity index (χ4n) is 1.95. The van der Waals surface area contributed by atoms with Gasteiger partial charge in [-0.15, -0.1) is 13.2 Å². The predicted molar refractivity (Wildman–Crippen MR) is 69.7 cm³/mol. The van der Waals surface area contributed by atoms with Gasteiger partial charge in [-0.05, 0) is 48.2 Å². The van der Waals surface area contributed by atoms with E-state index >= 15 is 0 Å². The maximum atomic E-state index is 12.3. The Kier molecular flexibility index (Phi) is 3.61. The lowest BCUT2D eigenvalue weighted by molar-refractivity contribution is -0.275. The van der Waals surface area contributed by atoms with Gasteiger partial charge in [-0.2, -0.15) is 0 Å². The van der Waals surface area contributed by atoms with Crippen LogP contribution in [0.3, 0.4) is 0 Å². The maximum Gasteiger partial charge on any atom is 0.573 e. The Hall–Kier alpha value is -2.17. The molecule has 0 radical (unpaired) electrons. The third-order valence-electron chi connectivity index (χ3n) is 3.10. The highest BCUT2D eigenvalue weighted by Gasteiger charge is 2.32. The molecular weight excluding hydrogens is 269 g/mol. The van der Waals surface area contributed by atoms with Gasteiger partial charge in [0, 0.05) is 0 Å². The Morgan fingerprint density at radius 3 is 2.40 bits per heavy atom. The van der Waals surface area contributed by atoms with Crippen LogP contribution >= 0.6 is 0 Å². The summed E-state index contributed by atoms with van der Waals surface area (Å²) in [6.07, 6.45) is -4.84. The summed E-state index contributed by atoms with van der Waals surface area (Å²) in [6.45, 7) is 3.81. The van der Waals surface area contributed by atoms with Crippen molar-refractivity contribution in [2.45, 2.75) is 20.2 Å². The summed E-state index contributed by atoms with van der Waals surface area (Å²) in [7, 11) is 0. The van der Waals surface area contributed by atoms with E-state index in [1.165, 1.54) is 12.1 Å². The van der Waals surface area contributed by atoms with Crippen molar-refractivity contribution in [2.75, 3.05) is 0 Å². The van der Waals surface area contributed by atoms with Gasteiger partial charge in [0.05, 0.1) is 0 Å². The van der Waals surface area contributed by atoms with E-state index in [9.17, 15) is 18.3 Å². The Balaban J connectivity index is 2.49. The second kappa shape index (κ2) is 5.07. The standard InChI is InChI=1S/C15H13F3O2/c1-9-4-3-5-12(10(9)2)11-6-7-13(19)14(8-11)20-15(16,17)18/h3-8,19H,1-2H3. The summed E-state index contributed by atoms with van der Waals surface area (Å²) in [5.74, 6) is -1.15. The molecule has 0 aliphatic carbocycles. The van der Waals surface area contributed by atoms with Crippen LogP contribution < -0.4 is 4.74 Å². The van der Waals surface area contributed by atoms with Crippen molar-refractivity contribution in [1.29, 1.82) is 0 Å². The van der Waals surface area contributed by atoms with Crippen LogP contribution in [0.15, 0.2) is 36.4 Å². The van der Waals surface area contributed by atoms with Crippen molar-refractivity contribution >= 4 is 0 Å². The highest BCUT2D eigenvalue weighted by atomic mass is 19.4. The van der Waals surface area contributed by atoms with Gasteiger partial charge < -0.3 is 9.84 Å². The second-order valence-corrected chi connectivity index (χ2v) is 4.48. The topological polar surface area (TPSA) is 29.5 Å². The zero-order valence-corrected chi connectivity index (χ0v) is 11.0. The molecule has 0 bridgehead atoms. The van der Waals surface area contributed by atoms with Crippen LogP contribution in [0, 0.1) is 13.8 Å². The molecule has 20 heavy (non-hydrogen) atoms. The molecule has 0 unspecified atom stereocenters. The van der Waals surface area contributed by atoms with E-state index < -0.39 is 17.9 Å². The number of hydrogen-bond acceptors (Lipinski definition) is 2. The Morgan fingerprint density at radius 1 is 1.05 bits per heavy atom. The van der Waals surface area contributed by atoms with E-state index in [0.717, 1.165) is 16.7 Å². The van der Waals surface area contributed by atoms with Crippen molar-refractivity contribution in [1.82, 2.24) is 0 Å². The number of rotatable bonds is 2. The molecule has 0 aromatic heterocycles. The van der Waals surface area contributed by atoms with E-state index in [1.54, 1.807) is 6.07 Å². The van der Waals surface area contributed by atoms with E-state index in [-0.39, 0.29) is 0 Å². The zero-order chi connectivity index (χ0) is 14.9. The molecule has 0 saturated heterocycles. The van der Waals surface area contributed by atoms with Crippen molar-refractivity contribution in [3.63, 3.8) is 0 Å². The van der Waals surface area contributed by atoms with Crippen LogP contribution in [0.5, 0.6) is 11.5 Å². The Bertz CT molecular complexity index is 634. The van der Waals surface area contributed by atoms with Crippen LogP contribution in [-0.4, -0.2) is 11.5 Å². The molecule has 0 atom stereocenters. The van der Waals surface area contributed by atoms with Gasteiger partial charge in [0.15, 0.2) is 11.5 Å². The summed E-state index contributed by atoms with van der Waals surface area (Å²) in [5, 5.41) is 9.44. The van der Waals surface area contributed by atoms with Crippen molar-refractivity contribution in [2.24, 2.45) is 0 Å². The summed E-state index contributed by atoms with van der Waals surface area (Å²) in [5.41, 5.74) is 3.37. The number of hydrogen-bond donors (Lipinski definition) is 1. The van der Waals surface area contributed by atoms with Crippen LogP contribution in [-0.2, 0) is 0 Å². The average Bonchev–Trinajstić information content (AvgIpc) is 2.34. The number of phenols is 1. The lowest BCUT2D eigenvalue weighted by Crippen LogP contribution is -2.17. The summed E-state index contributed by atoms with van der Waals surface area (Å²) in [4.78, 5) is 0. The van der Waals surface area contributed by atoms with E-state index in [4.69, 9.17) is 0 Å². The maximum absolute atomic E-state index is 12.3. The van der Waals surface area contributed by atoms with Gasteiger partial charge in [-0.1, -0.05) is 24.3 Å². The largest absolute Gasteiger partial charge is 0.573 e. The Morgan fingerprint density at radius 2 is 1.75 bits per heavy atom. The number of alkyl halides is 3. The lowest BCUT2D eigenvalue weighted by Gasteiger charge is -2.13. The van der Waals surface area contributed by atoms with Crippen molar-refractivity contribution < 1.29 is 23.0 Å². The minimum Gasteiger partial charge on any atom is -0.504 e. The highest BCUT2D eigenvalue weighted by molar-refractivity contribution is 5.71. The molecule has 0 aliphatic rings. The number of halogens is 3. The number of aromatic hydroxyl groups is 1. The fraction of sp³-hybridized carbons (Fsp3) is 0.200. The lowest BCUT2D eigenvalue weighted by atomic mass is 9.97. The molecule has 2 aromatic carbocycles. The molecule has 0 aliphatic heterocycles. The molecule has 0 amide bonds. The number of benzene rings is 2. The predicted octanol–water partition coefficient (Wildman–Crippen LogP) is 4.57. The molecule has 1 N–H and O–H groups in total. The number of ether oxygens (including phenoxy) is 1. The highest BCUT2D eigenvalue weighted by Crippen LogP contribution is 2.36. The van der Waals surface area contributed by atoms with Crippen LogP contribution in [0.4, 0.5) is 13.2 Å². The summed E-state index contributed by atoms with van der Waals surface area (Å²) >= 11 is 0. The fourth-order valence-corrected chi connectivity index (χ4v) is 1.95. The van der Waals surface area contributed by atoms with Gasteiger partial charge in [0.2, 0.25) is 0 Å². The first kappa shape index (κ1) is 14.2. The smallest absolute Gasteiger partial charge is 0.504 e. The molecule has 0 saturated carbocycles. The second-order valence-electron chi connectivity index (χ2n) is 4.48. The average molecular weight is 282 g/mol. The van der Waals surface area contributed by atoms with Crippen molar-refractivity contribution in [3.8, 4) is 22.6 Å². The van der Waals surface area contributed by atoms with Crippen molar-refractivity contribution in [3.05, 3.63) is 47.5 Å². The summed E-state index contributed by atoms with van der Waals surface area (Å²) in [6, 6.07) is 9.50. The third kappa shape index (κ3) is 3.04. The summed E-state index contributed by atoms with van der Waals surface area (Å²) < 4.78 is 40.6. The molecule has 2 nitrogen and oxygen atoms in total. The number of aryl methyl sites for hydroxylation is 1. The van der Waals surface area contributed by atoms with Gasteiger partial charge in [-0.3, -0.25) is 0 Å². The van der Waals surface area contributed by atoms with E-state index in [2.05, 4.69) is 4.74 Å². The van der Waals surface area contributed by atoms with Crippen LogP contribution in [0.25, 0.3) is 11.1 Å². The molecule has 0 heterocycles. The van der Waals surface area contributed by atoms with E-state index in [1.807, 2.05) is 32.0 Å². The van der Waals surface area contributed by atoms with Gasteiger partial charge in [-0.25, -0.2) is 0 Å². The monoisotopic (exact) mass is 282 g/mol. The molecule has 0 spiro atoms. The number of phenolic OH excluding ortho intramolecular Hbond substituents is 1. The molecule has 5 heteroatoms. The molecule has 2 rings (SSSR count). The molecule has 106 valence electrons. The van der Waals surface area contributed by atoms with Gasteiger partial charge in [0.25, 0.3) is 0 Å². The SMILES string of the molecule is Cc1cccc(-c2ccc(O)c(OC(F)(F)F)c2)c1C. The molecule has 0 fully saturated rings. The first-order valence-electron chi connectivity index (χ1n) is 5.93. The normalized spacial score (nSPS) is 11.4. The minimum atomic E-state index is -4.84. The first-order chi connectivity index (χ1) is 9.28. The zero-order valence-electron chi connectivity index (χ0n) is 11.0. The van der Waals surface area contributed by atoms with E-state index in [0.29, 0.717) is 5.56 Å². The molecule has 2 aromatic rings. The van der Waals surface area contributed by atoms with Gasteiger partial charge >= 0.3 is 6.36 Å². The first-order valence-corrected chi connectivity index (χ1v) is 5.93. The molecular formula is C15H13F3O2. The quantitative estimate of drug-likeness (QED) is 0.874. The minimum absolute atomic E-state index is 0.545. The Labute approximate surface area is 114 Å². The third-order valence-corrected chi connectivity index (χ3v) is 3.10. The van der Waals surface area contributed by atoms with Gasteiger partial charge in [0.1, 0.15) is 0 Å². The van der Waals surface area contributed by atoms with Crippen LogP contribution in [0.1, 0.15) is 11.1 Å².